The highest BCUT2D eigenvalue weighted by molar-refractivity contribution is 6.33. The van der Waals surface area contributed by atoms with Crippen LogP contribution in [0, 0.1) is 6.92 Å². The second-order valence-electron chi connectivity index (χ2n) is 7.25. The van der Waals surface area contributed by atoms with Crippen LogP contribution in [-0.4, -0.2) is 25.1 Å². The lowest BCUT2D eigenvalue weighted by molar-refractivity contribution is -0.116. The molecule has 2 aromatic heterocycles. The highest BCUT2D eigenvalue weighted by Gasteiger charge is 2.22. The summed E-state index contributed by atoms with van der Waals surface area (Å²) in [5, 5.41) is 7.74. The molecule has 0 radical (unpaired) electrons. The van der Waals surface area contributed by atoms with E-state index in [1.165, 1.54) is 17.0 Å². The first-order valence-corrected chi connectivity index (χ1v) is 9.92. The van der Waals surface area contributed by atoms with Crippen LogP contribution >= 0.6 is 11.6 Å². The number of carbonyl (C=O) groups excluding carboxylic acids is 1. The maximum atomic E-state index is 12.6. The first-order chi connectivity index (χ1) is 13.5. The number of aryl methyl sites for hydroxylation is 1. The number of amides is 1. The molecule has 7 nitrogen and oxygen atoms in total. The molecule has 146 valence electrons. The Hall–Kier alpha value is -2.67. The Morgan fingerprint density at radius 3 is 2.75 bits per heavy atom. The highest BCUT2D eigenvalue weighted by Crippen LogP contribution is 2.30. The summed E-state index contributed by atoms with van der Waals surface area (Å²) >= 11 is 6.12. The van der Waals surface area contributed by atoms with Crippen molar-refractivity contribution in [2.75, 3.05) is 5.32 Å². The number of hydrogen-bond acceptors (Lipinski definition) is 4. The Balaban J connectivity index is 1.66. The van der Waals surface area contributed by atoms with Gasteiger partial charge in [-0.15, -0.1) is 5.10 Å². The van der Waals surface area contributed by atoms with Crippen LogP contribution in [0.15, 0.2) is 35.1 Å². The number of carbonyl (C=O) groups is 1. The molecule has 0 aliphatic heterocycles. The molecule has 1 saturated carbocycles. The highest BCUT2D eigenvalue weighted by atomic mass is 35.5. The smallest absolute Gasteiger partial charge is 0.275 e. The molecular weight excluding hydrogens is 378 g/mol. The number of aromatic nitrogens is 4. The molecule has 0 saturated heterocycles. The van der Waals surface area contributed by atoms with Gasteiger partial charge < -0.3 is 9.88 Å². The second kappa shape index (κ2) is 7.75. The molecule has 1 fully saturated rings. The molecule has 4 rings (SSSR count). The number of anilines is 1. The molecule has 1 aromatic carbocycles. The number of nitrogens with zero attached hydrogens (tertiary/aromatic N) is 4. The van der Waals surface area contributed by atoms with Crippen molar-refractivity contribution in [2.45, 2.75) is 51.5 Å². The molecule has 2 heterocycles. The largest absolute Gasteiger partial charge is 0.323 e. The van der Waals surface area contributed by atoms with Gasteiger partial charge in [0, 0.05) is 17.7 Å². The molecule has 1 amide bonds. The van der Waals surface area contributed by atoms with E-state index in [9.17, 15) is 9.59 Å². The first kappa shape index (κ1) is 18.7. The Kier molecular flexibility index (Phi) is 5.17. The molecule has 0 unspecified atom stereocenters. The van der Waals surface area contributed by atoms with Crippen molar-refractivity contribution in [1.29, 1.82) is 0 Å². The van der Waals surface area contributed by atoms with Crippen LogP contribution in [0.3, 0.4) is 0 Å². The number of para-hydroxylation sites is 1. The number of halogens is 1. The van der Waals surface area contributed by atoms with E-state index in [0.717, 1.165) is 25.7 Å². The fraction of sp³-hybridized carbons (Fsp3) is 0.400. The van der Waals surface area contributed by atoms with Gasteiger partial charge in [-0.05, 0) is 31.9 Å². The summed E-state index contributed by atoms with van der Waals surface area (Å²) in [7, 11) is 0. The number of nitrogens with one attached hydrogen (secondary N) is 1. The van der Waals surface area contributed by atoms with Crippen LogP contribution < -0.4 is 10.9 Å². The predicted octanol–water partition coefficient (Wildman–Crippen LogP) is 3.54. The zero-order valence-electron chi connectivity index (χ0n) is 15.7. The SMILES string of the molecule is Cc1cc(=O)n2nc(C3CCCCC3)nc2n1CC(=O)Nc1ccccc1Cl. The third-order valence-corrected chi connectivity index (χ3v) is 5.56. The molecule has 1 N–H and O–H groups in total. The van der Waals surface area contributed by atoms with Crippen molar-refractivity contribution in [3.05, 3.63) is 57.2 Å². The van der Waals surface area contributed by atoms with Crippen molar-refractivity contribution in [1.82, 2.24) is 19.2 Å². The molecule has 1 aliphatic rings. The van der Waals surface area contributed by atoms with Crippen LogP contribution in [-0.2, 0) is 11.3 Å². The predicted molar refractivity (Wildman–Crippen MR) is 108 cm³/mol. The van der Waals surface area contributed by atoms with E-state index < -0.39 is 0 Å². The lowest BCUT2D eigenvalue weighted by Gasteiger charge is -2.17. The van der Waals surface area contributed by atoms with Crippen molar-refractivity contribution >= 4 is 29.0 Å². The van der Waals surface area contributed by atoms with Crippen molar-refractivity contribution in [3.8, 4) is 0 Å². The van der Waals surface area contributed by atoms with E-state index >= 15 is 0 Å². The van der Waals surface area contributed by atoms with E-state index in [4.69, 9.17) is 11.6 Å². The maximum absolute atomic E-state index is 12.6. The van der Waals surface area contributed by atoms with Gasteiger partial charge in [0.2, 0.25) is 11.7 Å². The van der Waals surface area contributed by atoms with Crippen LogP contribution in [0.2, 0.25) is 5.02 Å². The fourth-order valence-corrected chi connectivity index (χ4v) is 3.93. The third-order valence-electron chi connectivity index (χ3n) is 5.23. The van der Waals surface area contributed by atoms with Gasteiger partial charge in [-0.25, -0.2) is 0 Å². The van der Waals surface area contributed by atoms with E-state index in [1.807, 2.05) is 0 Å². The Morgan fingerprint density at radius 1 is 1.25 bits per heavy atom. The summed E-state index contributed by atoms with van der Waals surface area (Å²) in [5.41, 5.74) is 0.979. The minimum absolute atomic E-state index is 0.0175. The second-order valence-corrected chi connectivity index (χ2v) is 7.66. The van der Waals surface area contributed by atoms with Gasteiger partial charge in [-0.2, -0.15) is 9.50 Å². The van der Waals surface area contributed by atoms with Gasteiger partial charge in [-0.3, -0.25) is 9.59 Å². The topological polar surface area (TPSA) is 81.3 Å². The molecule has 3 aromatic rings. The summed E-state index contributed by atoms with van der Waals surface area (Å²) in [5.74, 6) is 1.13. The zero-order chi connectivity index (χ0) is 19.7. The van der Waals surface area contributed by atoms with Gasteiger partial charge in [-0.1, -0.05) is 43.0 Å². The number of fused-ring (bicyclic) bond motifs is 1. The number of rotatable bonds is 4. The van der Waals surface area contributed by atoms with E-state index in [2.05, 4.69) is 15.4 Å². The van der Waals surface area contributed by atoms with Crippen LogP contribution in [0.5, 0.6) is 0 Å². The summed E-state index contributed by atoms with van der Waals surface area (Å²) in [6, 6.07) is 8.55. The third kappa shape index (κ3) is 3.67. The first-order valence-electron chi connectivity index (χ1n) is 9.54. The van der Waals surface area contributed by atoms with E-state index in [0.29, 0.717) is 28.0 Å². The van der Waals surface area contributed by atoms with Gasteiger partial charge in [0.05, 0.1) is 10.7 Å². The fourth-order valence-electron chi connectivity index (χ4n) is 3.74. The Morgan fingerprint density at radius 2 is 2.00 bits per heavy atom. The Bertz CT molecular complexity index is 1080. The van der Waals surface area contributed by atoms with Gasteiger partial charge in [0.25, 0.3) is 5.56 Å². The zero-order valence-corrected chi connectivity index (χ0v) is 16.4. The van der Waals surface area contributed by atoms with E-state index in [-0.39, 0.29) is 23.9 Å². The van der Waals surface area contributed by atoms with Crippen LogP contribution in [0.25, 0.3) is 5.78 Å². The van der Waals surface area contributed by atoms with Crippen molar-refractivity contribution < 1.29 is 4.79 Å². The standard InChI is InChI=1S/C20H22ClN5O2/c1-13-11-18(28)26-20(23-19(24-26)14-7-3-2-4-8-14)25(13)12-17(27)22-16-10-6-5-9-15(16)21/h5-6,9-11,14H,2-4,7-8,12H2,1H3,(H,22,27). The normalized spacial score (nSPS) is 15.1. The quantitative estimate of drug-likeness (QED) is 0.727. The number of benzene rings is 1. The monoisotopic (exact) mass is 399 g/mol. The van der Waals surface area contributed by atoms with Crippen molar-refractivity contribution in [2.24, 2.45) is 0 Å². The molecular formula is C20H22ClN5O2. The minimum Gasteiger partial charge on any atom is -0.323 e. The molecule has 0 spiro atoms. The summed E-state index contributed by atoms with van der Waals surface area (Å²) in [4.78, 5) is 29.6. The molecule has 0 atom stereocenters. The average molecular weight is 400 g/mol. The average Bonchev–Trinajstić information content (AvgIpc) is 3.14. The number of hydrogen-bond donors (Lipinski definition) is 1. The lowest BCUT2D eigenvalue weighted by atomic mass is 9.89. The minimum atomic E-state index is -0.246. The van der Waals surface area contributed by atoms with Gasteiger partial charge in [0.1, 0.15) is 6.54 Å². The molecule has 8 heteroatoms. The molecule has 0 bridgehead atoms. The van der Waals surface area contributed by atoms with Gasteiger partial charge in [0.15, 0.2) is 5.82 Å². The van der Waals surface area contributed by atoms with Crippen LogP contribution in [0.1, 0.15) is 49.5 Å². The summed E-state index contributed by atoms with van der Waals surface area (Å²) in [6.45, 7) is 1.81. The molecule has 1 aliphatic carbocycles. The summed E-state index contributed by atoms with van der Waals surface area (Å²) < 4.78 is 3.02. The van der Waals surface area contributed by atoms with E-state index in [1.54, 1.807) is 35.8 Å². The maximum Gasteiger partial charge on any atom is 0.275 e. The van der Waals surface area contributed by atoms with Crippen LogP contribution in [0.4, 0.5) is 5.69 Å². The van der Waals surface area contributed by atoms with Crippen molar-refractivity contribution in [3.63, 3.8) is 0 Å². The van der Waals surface area contributed by atoms with Gasteiger partial charge >= 0.3 is 0 Å². The Labute approximate surface area is 167 Å². The lowest BCUT2D eigenvalue weighted by Crippen LogP contribution is -2.25. The summed E-state index contributed by atoms with van der Waals surface area (Å²) in [6.07, 6.45) is 5.62. The molecule has 28 heavy (non-hydrogen) atoms.